The zero-order chi connectivity index (χ0) is 12.4. The summed E-state index contributed by atoms with van der Waals surface area (Å²) in [7, 11) is 0. The first-order valence-electron chi connectivity index (χ1n) is 6.25. The summed E-state index contributed by atoms with van der Waals surface area (Å²) >= 11 is 0. The van der Waals surface area contributed by atoms with E-state index in [1.165, 1.54) is 4.90 Å². The molecule has 0 radical (unpaired) electrons. The number of hydrogen-bond acceptors (Lipinski definition) is 4. The van der Waals surface area contributed by atoms with E-state index in [-0.39, 0.29) is 17.9 Å². The van der Waals surface area contributed by atoms with E-state index in [1.54, 1.807) is 0 Å². The van der Waals surface area contributed by atoms with Gasteiger partial charge in [0.1, 0.15) is 0 Å². The number of ether oxygens (including phenoxy) is 1. The van der Waals surface area contributed by atoms with Crippen LogP contribution in [0.1, 0.15) is 20.3 Å². The standard InChI is InChI=1S/C12H20N2O3/c1-9(2)8-14-11(15)7-10(12(14)16)13-3-5-17-6-4-13/h9-10H,3-8H2,1-2H3/t10-/m0/s1. The first-order valence-corrected chi connectivity index (χ1v) is 6.25. The molecule has 17 heavy (non-hydrogen) atoms. The monoisotopic (exact) mass is 240 g/mol. The van der Waals surface area contributed by atoms with Crippen LogP contribution in [0.4, 0.5) is 0 Å². The third-order valence-corrected chi connectivity index (χ3v) is 3.25. The van der Waals surface area contributed by atoms with Gasteiger partial charge in [0.05, 0.1) is 25.7 Å². The molecule has 0 bridgehead atoms. The van der Waals surface area contributed by atoms with Gasteiger partial charge in [-0.3, -0.25) is 19.4 Å². The van der Waals surface area contributed by atoms with E-state index in [9.17, 15) is 9.59 Å². The second-order valence-corrected chi connectivity index (χ2v) is 5.10. The topological polar surface area (TPSA) is 49.9 Å². The van der Waals surface area contributed by atoms with Gasteiger partial charge in [0, 0.05) is 19.6 Å². The van der Waals surface area contributed by atoms with E-state index in [2.05, 4.69) is 4.90 Å². The molecule has 2 amide bonds. The summed E-state index contributed by atoms with van der Waals surface area (Å²) in [5.74, 6) is 0.275. The fourth-order valence-corrected chi connectivity index (χ4v) is 2.40. The molecule has 0 saturated carbocycles. The lowest BCUT2D eigenvalue weighted by Gasteiger charge is -2.30. The van der Waals surface area contributed by atoms with Gasteiger partial charge in [0.2, 0.25) is 11.8 Å². The minimum absolute atomic E-state index is 0.0226. The Kier molecular flexibility index (Phi) is 3.79. The maximum atomic E-state index is 12.2. The number of likely N-dealkylation sites (tertiary alicyclic amines) is 1. The number of hydrogen-bond donors (Lipinski definition) is 0. The summed E-state index contributed by atoms with van der Waals surface area (Å²) in [6.07, 6.45) is 0.339. The first-order chi connectivity index (χ1) is 8.09. The largest absolute Gasteiger partial charge is 0.379 e. The van der Waals surface area contributed by atoms with Gasteiger partial charge in [-0.15, -0.1) is 0 Å². The summed E-state index contributed by atoms with van der Waals surface area (Å²) in [5.41, 5.74) is 0. The van der Waals surface area contributed by atoms with Crippen LogP contribution in [0.25, 0.3) is 0 Å². The zero-order valence-corrected chi connectivity index (χ0v) is 10.5. The molecule has 0 N–H and O–H groups in total. The molecule has 2 aliphatic rings. The Morgan fingerprint density at radius 2 is 1.94 bits per heavy atom. The third-order valence-electron chi connectivity index (χ3n) is 3.25. The van der Waals surface area contributed by atoms with Crippen molar-refractivity contribution in [2.75, 3.05) is 32.8 Å². The molecule has 2 fully saturated rings. The summed E-state index contributed by atoms with van der Waals surface area (Å²) in [4.78, 5) is 27.5. The van der Waals surface area contributed by atoms with Crippen molar-refractivity contribution >= 4 is 11.8 Å². The van der Waals surface area contributed by atoms with E-state index in [4.69, 9.17) is 4.74 Å². The van der Waals surface area contributed by atoms with E-state index in [1.807, 2.05) is 13.8 Å². The quantitative estimate of drug-likeness (QED) is 0.657. The van der Waals surface area contributed by atoms with Crippen LogP contribution in [-0.4, -0.2) is 60.5 Å². The van der Waals surface area contributed by atoms with Crippen LogP contribution >= 0.6 is 0 Å². The van der Waals surface area contributed by atoms with Crippen molar-refractivity contribution in [3.8, 4) is 0 Å². The Balaban J connectivity index is 2.01. The van der Waals surface area contributed by atoms with E-state index in [0.717, 1.165) is 13.1 Å². The van der Waals surface area contributed by atoms with Gasteiger partial charge in [-0.05, 0) is 5.92 Å². The van der Waals surface area contributed by atoms with Crippen molar-refractivity contribution in [3.63, 3.8) is 0 Å². The van der Waals surface area contributed by atoms with E-state index < -0.39 is 0 Å². The normalized spacial score (nSPS) is 27.2. The highest BCUT2D eigenvalue weighted by Crippen LogP contribution is 2.20. The Hall–Kier alpha value is -0.940. The molecule has 2 heterocycles. The molecule has 0 aromatic carbocycles. The molecule has 0 aromatic heterocycles. The SMILES string of the molecule is CC(C)CN1C(=O)C[C@H](N2CCOCC2)C1=O. The van der Waals surface area contributed by atoms with Crippen molar-refractivity contribution in [2.45, 2.75) is 26.3 Å². The van der Waals surface area contributed by atoms with E-state index >= 15 is 0 Å². The van der Waals surface area contributed by atoms with Crippen molar-refractivity contribution in [2.24, 2.45) is 5.92 Å². The number of rotatable bonds is 3. The number of carbonyl (C=O) groups is 2. The van der Waals surface area contributed by atoms with Crippen LogP contribution in [-0.2, 0) is 14.3 Å². The maximum absolute atomic E-state index is 12.2. The van der Waals surface area contributed by atoms with E-state index in [0.29, 0.717) is 32.1 Å². The number of amides is 2. The van der Waals surface area contributed by atoms with Crippen LogP contribution < -0.4 is 0 Å². The number of carbonyl (C=O) groups excluding carboxylic acids is 2. The minimum atomic E-state index is -0.245. The number of nitrogens with zero attached hydrogens (tertiary/aromatic N) is 2. The molecular weight excluding hydrogens is 220 g/mol. The lowest BCUT2D eigenvalue weighted by molar-refractivity contribution is -0.140. The van der Waals surface area contributed by atoms with Crippen molar-refractivity contribution < 1.29 is 14.3 Å². The zero-order valence-electron chi connectivity index (χ0n) is 10.5. The second-order valence-electron chi connectivity index (χ2n) is 5.10. The third kappa shape index (κ3) is 2.66. The Morgan fingerprint density at radius 1 is 1.29 bits per heavy atom. The number of morpholine rings is 1. The predicted molar refractivity (Wildman–Crippen MR) is 62.4 cm³/mol. The molecule has 1 atom stereocenters. The highest BCUT2D eigenvalue weighted by atomic mass is 16.5. The molecule has 5 nitrogen and oxygen atoms in total. The Bertz CT molecular complexity index is 311. The molecule has 0 spiro atoms. The average Bonchev–Trinajstić information content (AvgIpc) is 2.58. The van der Waals surface area contributed by atoms with Crippen LogP contribution in [0.3, 0.4) is 0 Å². The molecular formula is C12H20N2O3. The smallest absolute Gasteiger partial charge is 0.247 e. The van der Waals surface area contributed by atoms with Crippen LogP contribution in [0, 0.1) is 5.92 Å². The fourth-order valence-electron chi connectivity index (χ4n) is 2.40. The van der Waals surface area contributed by atoms with Crippen LogP contribution in [0.15, 0.2) is 0 Å². The van der Waals surface area contributed by atoms with Gasteiger partial charge in [-0.1, -0.05) is 13.8 Å². The lowest BCUT2D eigenvalue weighted by Crippen LogP contribution is -2.47. The second kappa shape index (κ2) is 5.14. The molecule has 0 unspecified atom stereocenters. The minimum Gasteiger partial charge on any atom is -0.379 e. The molecule has 2 aliphatic heterocycles. The Labute approximate surface area is 102 Å². The predicted octanol–water partition coefficient (Wildman–Crippen LogP) is 0.102. The van der Waals surface area contributed by atoms with Gasteiger partial charge >= 0.3 is 0 Å². The van der Waals surface area contributed by atoms with Gasteiger partial charge in [0.25, 0.3) is 0 Å². The summed E-state index contributed by atoms with van der Waals surface area (Å²) in [6, 6.07) is -0.245. The molecule has 0 aromatic rings. The summed E-state index contributed by atoms with van der Waals surface area (Å²) in [6.45, 7) is 7.38. The van der Waals surface area contributed by atoms with Crippen molar-refractivity contribution in [1.82, 2.24) is 9.80 Å². The molecule has 2 rings (SSSR count). The lowest BCUT2D eigenvalue weighted by atomic mass is 10.2. The van der Waals surface area contributed by atoms with Gasteiger partial charge < -0.3 is 4.74 Å². The highest BCUT2D eigenvalue weighted by molar-refractivity contribution is 6.05. The molecule has 96 valence electrons. The van der Waals surface area contributed by atoms with Gasteiger partial charge in [-0.2, -0.15) is 0 Å². The molecule has 0 aliphatic carbocycles. The first kappa shape index (κ1) is 12.5. The number of imide groups is 1. The average molecular weight is 240 g/mol. The van der Waals surface area contributed by atoms with Crippen molar-refractivity contribution in [1.29, 1.82) is 0 Å². The van der Waals surface area contributed by atoms with Gasteiger partial charge in [-0.25, -0.2) is 0 Å². The maximum Gasteiger partial charge on any atom is 0.247 e. The van der Waals surface area contributed by atoms with Crippen LogP contribution in [0.2, 0.25) is 0 Å². The molecule has 5 heteroatoms. The van der Waals surface area contributed by atoms with Crippen molar-refractivity contribution in [3.05, 3.63) is 0 Å². The summed E-state index contributed by atoms with van der Waals surface area (Å²) < 4.78 is 5.26. The van der Waals surface area contributed by atoms with Gasteiger partial charge in [0.15, 0.2) is 0 Å². The Morgan fingerprint density at radius 3 is 2.53 bits per heavy atom. The highest BCUT2D eigenvalue weighted by Gasteiger charge is 2.42. The fraction of sp³-hybridized carbons (Fsp3) is 0.833. The molecule has 2 saturated heterocycles. The van der Waals surface area contributed by atoms with Crippen LogP contribution in [0.5, 0.6) is 0 Å². The summed E-state index contributed by atoms with van der Waals surface area (Å²) in [5, 5.41) is 0.